The molecule has 11 nitrogen and oxygen atoms in total. The van der Waals surface area contributed by atoms with E-state index in [1.54, 1.807) is 6.07 Å². The number of hydrogen-bond acceptors (Lipinski definition) is 9. The highest BCUT2D eigenvalue weighted by molar-refractivity contribution is 7.23. The Labute approximate surface area is 242 Å². The van der Waals surface area contributed by atoms with Gasteiger partial charge in [-0.2, -0.15) is 0 Å². The zero-order chi connectivity index (χ0) is 29.3. The van der Waals surface area contributed by atoms with Crippen molar-refractivity contribution in [3.05, 3.63) is 54.4 Å². The number of aliphatic hydroxyl groups excluding tert-OH is 1. The Kier molecular flexibility index (Phi) is 7.98. The maximum atomic E-state index is 12.4. The van der Waals surface area contributed by atoms with Crippen LogP contribution in [0.1, 0.15) is 40.4 Å². The van der Waals surface area contributed by atoms with Crippen LogP contribution in [-0.2, 0) is 5.41 Å². The number of carbonyl (C=O) groups is 1. The van der Waals surface area contributed by atoms with Crippen LogP contribution in [0, 0.1) is 0 Å². The Balaban J connectivity index is 1.21. The fraction of sp³-hybridized carbons (Fsp3) is 0.379. The van der Waals surface area contributed by atoms with E-state index in [4.69, 9.17) is 14.2 Å². The summed E-state index contributed by atoms with van der Waals surface area (Å²) in [7, 11) is 1.97. The van der Waals surface area contributed by atoms with Crippen molar-refractivity contribution in [3.63, 3.8) is 0 Å². The molecule has 0 aliphatic rings. The SMILES string of the molecule is CC(C)N(C)CC(O)COc1ccc2c(n1)sc1nc(-c3ccc(NC(=O)Nc4cc(C(C)(C)C)on4)cc3)cn12. The van der Waals surface area contributed by atoms with Gasteiger partial charge in [0.25, 0.3) is 0 Å². The number of urea groups is 1. The molecular formula is C29H35N7O4S. The quantitative estimate of drug-likeness (QED) is 0.206. The summed E-state index contributed by atoms with van der Waals surface area (Å²) in [6.45, 7) is 10.9. The van der Waals surface area contributed by atoms with Gasteiger partial charge in [-0.1, -0.05) is 49.4 Å². The molecule has 3 N–H and O–H groups in total. The van der Waals surface area contributed by atoms with Crippen molar-refractivity contribution in [2.24, 2.45) is 0 Å². The summed E-state index contributed by atoms with van der Waals surface area (Å²) < 4.78 is 13.1. The van der Waals surface area contributed by atoms with Crippen LogP contribution in [0.3, 0.4) is 0 Å². The molecule has 0 fully saturated rings. The van der Waals surface area contributed by atoms with E-state index in [0.717, 1.165) is 26.6 Å². The Hall–Kier alpha value is -4.00. The number of imidazole rings is 1. The Morgan fingerprint density at radius 3 is 2.59 bits per heavy atom. The number of aliphatic hydroxyl groups is 1. The van der Waals surface area contributed by atoms with Gasteiger partial charge in [0.15, 0.2) is 10.8 Å². The fourth-order valence-electron chi connectivity index (χ4n) is 4.06. The summed E-state index contributed by atoms with van der Waals surface area (Å²) in [6, 6.07) is 12.9. The second-order valence-electron chi connectivity index (χ2n) is 11.3. The van der Waals surface area contributed by atoms with Gasteiger partial charge in [-0.25, -0.2) is 14.8 Å². The molecule has 0 aliphatic carbocycles. The zero-order valence-corrected chi connectivity index (χ0v) is 24.8. The van der Waals surface area contributed by atoms with Crippen molar-refractivity contribution >= 4 is 44.2 Å². The standard InChI is InChI=1S/C29H35N7O4S/c1-17(2)35(6)14-20(37)16-39-25-12-11-22-26(33-25)41-28-31-21(15-36(22)28)18-7-9-19(10-8-18)30-27(38)32-24-13-23(40-34-24)29(3,4)5/h7-13,15,17,20,37H,14,16H2,1-6H3,(H2,30,32,34,38). The van der Waals surface area contributed by atoms with Crippen molar-refractivity contribution in [2.45, 2.75) is 52.2 Å². The van der Waals surface area contributed by atoms with E-state index >= 15 is 0 Å². The lowest BCUT2D eigenvalue weighted by Gasteiger charge is -2.23. The lowest BCUT2D eigenvalue weighted by molar-refractivity contribution is 0.0663. The molecule has 0 saturated carbocycles. The number of rotatable bonds is 9. The van der Waals surface area contributed by atoms with Crippen LogP contribution in [0.4, 0.5) is 16.3 Å². The summed E-state index contributed by atoms with van der Waals surface area (Å²) in [5.41, 5.74) is 3.09. The average molecular weight is 578 g/mol. The highest BCUT2D eigenvalue weighted by atomic mass is 32.1. The Bertz CT molecular complexity index is 1650. The first-order valence-electron chi connectivity index (χ1n) is 13.4. The molecule has 0 radical (unpaired) electrons. The van der Waals surface area contributed by atoms with Crippen molar-refractivity contribution in [2.75, 3.05) is 30.8 Å². The minimum atomic E-state index is -0.603. The van der Waals surface area contributed by atoms with Gasteiger partial charge >= 0.3 is 6.03 Å². The van der Waals surface area contributed by atoms with Gasteiger partial charge in [0.05, 0.1) is 11.2 Å². The number of thiazole rings is 1. The second kappa shape index (κ2) is 11.5. The van der Waals surface area contributed by atoms with Crippen LogP contribution >= 0.6 is 11.3 Å². The molecular weight excluding hydrogens is 542 g/mol. The number of anilines is 2. The van der Waals surface area contributed by atoms with Crippen LogP contribution in [-0.4, -0.2) is 67.9 Å². The maximum absolute atomic E-state index is 12.4. The van der Waals surface area contributed by atoms with Crippen LogP contribution < -0.4 is 15.4 Å². The predicted molar refractivity (Wildman–Crippen MR) is 161 cm³/mol. The van der Waals surface area contributed by atoms with Crippen LogP contribution in [0.25, 0.3) is 26.6 Å². The van der Waals surface area contributed by atoms with Crippen molar-refractivity contribution in [3.8, 4) is 17.1 Å². The number of nitrogens with one attached hydrogen (secondary N) is 2. The Morgan fingerprint density at radius 1 is 1.15 bits per heavy atom. The van der Waals surface area contributed by atoms with E-state index in [1.807, 2.05) is 74.8 Å². The minimum absolute atomic E-state index is 0.174. The van der Waals surface area contributed by atoms with Gasteiger partial charge in [-0.05, 0) is 39.1 Å². The molecule has 2 amide bonds. The number of carbonyl (C=O) groups excluding carboxylic acids is 1. The average Bonchev–Trinajstić information content (AvgIpc) is 3.62. The first-order chi connectivity index (χ1) is 19.5. The molecule has 0 aliphatic heterocycles. The lowest BCUT2D eigenvalue weighted by atomic mass is 9.93. The van der Waals surface area contributed by atoms with Crippen molar-refractivity contribution < 1.29 is 19.2 Å². The summed E-state index contributed by atoms with van der Waals surface area (Å²) in [4.78, 5) is 25.5. The molecule has 216 valence electrons. The number of benzene rings is 1. The molecule has 1 aromatic carbocycles. The molecule has 5 rings (SSSR count). The molecule has 0 spiro atoms. The largest absolute Gasteiger partial charge is 0.475 e. The van der Waals surface area contributed by atoms with Crippen molar-refractivity contribution in [1.29, 1.82) is 0 Å². The first-order valence-corrected chi connectivity index (χ1v) is 14.2. The predicted octanol–water partition coefficient (Wildman–Crippen LogP) is 5.62. The molecule has 4 aromatic heterocycles. The molecule has 12 heteroatoms. The van der Waals surface area contributed by atoms with Gasteiger partial charge in [0.1, 0.15) is 23.3 Å². The maximum Gasteiger partial charge on any atom is 0.324 e. The third-order valence-electron chi connectivity index (χ3n) is 6.67. The molecule has 41 heavy (non-hydrogen) atoms. The van der Waals surface area contributed by atoms with E-state index in [2.05, 4.69) is 39.5 Å². The number of nitrogens with zero attached hydrogens (tertiary/aromatic N) is 5. The van der Waals surface area contributed by atoms with Crippen molar-refractivity contribution in [1.82, 2.24) is 24.4 Å². The van der Waals surface area contributed by atoms with Crippen LogP contribution in [0.5, 0.6) is 5.88 Å². The smallest absolute Gasteiger partial charge is 0.324 e. The highest BCUT2D eigenvalue weighted by Gasteiger charge is 2.20. The minimum Gasteiger partial charge on any atom is -0.475 e. The van der Waals surface area contributed by atoms with Crippen LogP contribution in [0.2, 0.25) is 0 Å². The van der Waals surface area contributed by atoms with E-state index in [-0.39, 0.29) is 12.0 Å². The Morgan fingerprint density at radius 2 is 1.90 bits per heavy atom. The highest BCUT2D eigenvalue weighted by Crippen LogP contribution is 2.30. The topological polar surface area (TPSA) is 130 Å². The van der Waals surface area contributed by atoms with E-state index in [0.29, 0.717) is 35.7 Å². The number of amides is 2. The van der Waals surface area contributed by atoms with Gasteiger partial charge in [0, 0.05) is 47.6 Å². The number of pyridine rings is 1. The first kappa shape index (κ1) is 28.5. The monoisotopic (exact) mass is 577 g/mol. The van der Waals surface area contributed by atoms with Gasteiger partial charge < -0.3 is 24.6 Å². The molecule has 4 heterocycles. The van der Waals surface area contributed by atoms with Gasteiger partial charge in [-0.3, -0.25) is 9.72 Å². The molecule has 5 aromatic rings. The molecule has 0 bridgehead atoms. The summed E-state index contributed by atoms with van der Waals surface area (Å²) in [6.07, 6.45) is 1.36. The van der Waals surface area contributed by atoms with Gasteiger partial charge in [-0.15, -0.1) is 0 Å². The fourth-order valence-corrected chi connectivity index (χ4v) is 5.03. The summed E-state index contributed by atoms with van der Waals surface area (Å²) in [5.74, 6) is 1.52. The van der Waals surface area contributed by atoms with Crippen LogP contribution in [0.15, 0.2) is 53.2 Å². The molecule has 0 saturated heterocycles. The number of ether oxygens (including phenoxy) is 1. The zero-order valence-electron chi connectivity index (χ0n) is 24.0. The normalized spacial score (nSPS) is 12.9. The van der Waals surface area contributed by atoms with E-state index in [9.17, 15) is 9.90 Å². The molecule has 1 atom stereocenters. The number of hydrogen-bond donors (Lipinski definition) is 3. The van der Waals surface area contributed by atoms with E-state index < -0.39 is 12.1 Å². The number of aromatic nitrogens is 4. The summed E-state index contributed by atoms with van der Waals surface area (Å²) in [5, 5.41) is 19.7. The number of likely N-dealkylation sites (N-methyl/N-ethyl adjacent to an activating group) is 1. The van der Waals surface area contributed by atoms with Gasteiger partial charge in [0.2, 0.25) is 5.88 Å². The number of fused-ring (bicyclic) bond motifs is 3. The third kappa shape index (κ3) is 6.67. The third-order valence-corrected chi connectivity index (χ3v) is 7.63. The summed E-state index contributed by atoms with van der Waals surface area (Å²) >= 11 is 1.47. The lowest BCUT2D eigenvalue weighted by Crippen LogP contribution is -2.37. The second-order valence-corrected chi connectivity index (χ2v) is 12.3. The van der Waals surface area contributed by atoms with E-state index in [1.165, 1.54) is 11.3 Å². The molecule has 1 unspecified atom stereocenters.